The maximum absolute atomic E-state index is 11.3. The first-order valence-electron chi connectivity index (χ1n) is 5.01. The van der Waals surface area contributed by atoms with Gasteiger partial charge in [0.25, 0.3) is 0 Å². The topological polar surface area (TPSA) is 83.9 Å². The quantitative estimate of drug-likeness (QED) is 0.913. The van der Waals surface area contributed by atoms with E-state index in [0.29, 0.717) is 10.6 Å². The Bertz CT molecular complexity index is 722. The third-order valence-electron chi connectivity index (χ3n) is 2.52. The standard InChI is InChI=1S/C12H10N2O2S2/c1-18(15,16)9-4-2-8(3-5-9)11-7-17-12(14)10(11)6-13/h2-5,7H,14H2,1H3. The van der Waals surface area contributed by atoms with E-state index in [9.17, 15) is 8.42 Å². The van der Waals surface area contributed by atoms with Crippen molar-refractivity contribution in [1.82, 2.24) is 0 Å². The molecule has 1 heterocycles. The fraction of sp³-hybridized carbons (Fsp3) is 0.0833. The lowest BCUT2D eigenvalue weighted by Crippen LogP contribution is -1.96. The zero-order valence-electron chi connectivity index (χ0n) is 9.54. The molecule has 0 bridgehead atoms. The van der Waals surface area contributed by atoms with Crippen molar-refractivity contribution in [2.75, 3.05) is 12.0 Å². The molecular formula is C12H10N2O2S2. The molecule has 0 spiro atoms. The Morgan fingerprint density at radius 2 is 1.89 bits per heavy atom. The average molecular weight is 278 g/mol. The number of thiophene rings is 1. The second-order valence-electron chi connectivity index (χ2n) is 3.80. The first kappa shape index (κ1) is 12.6. The number of nitriles is 1. The number of sulfone groups is 1. The highest BCUT2D eigenvalue weighted by atomic mass is 32.2. The monoisotopic (exact) mass is 278 g/mol. The summed E-state index contributed by atoms with van der Waals surface area (Å²) in [5.74, 6) is 0. The molecule has 18 heavy (non-hydrogen) atoms. The van der Waals surface area contributed by atoms with Crippen LogP contribution >= 0.6 is 11.3 Å². The Morgan fingerprint density at radius 3 is 2.39 bits per heavy atom. The number of hydrogen-bond acceptors (Lipinski definition) is 5. The zero-order valence-corrected chi connectivity index (χ0v) is 11.2. The van der Waals surface area contributed by atoms with Crippen molar-refractivity contribution in [3.05, 3.63) is 35.2 Å². The van der Waals surface area contributed by atoms with E-state index in [1.807, 2.05) is 0 Å². The van der Waals surface area contributed by atoms with Crippen molar-refractivity contribution in [2.45, 2.75) is 4.90 Å². The summed E-state index contributed by atoms with van der Waals surface area (Å²) in [7, 11) is -3.20. The smallest absolute Gasteiger partial charge is 0.175 e. The summed E-state index contributed by atoms with van der Waals surface area (Å²) >= 11 is 1.30. The molecular weight excluding hydrogens is 268 g/mol. The largest absolute Gasteiger partial charge is 0.389 e. The van der Waals surface area contributed by atoms with Gasteiger partial charge in [-0.25, -0.2) is 8.42 Å². The van der Waals surface area contributed by atoms with Crippen LogP contribution in [0.5, 0.6) is 0 Å². The maximum Gasteiger partial charge on any atom is 0.175 e. The molecule has 92 valence electrons. The molecule has 0 aliphatic rings. The molecule has 4 nitrogen and oxygen atoms in total. The molecule has 0 atom stereocenters. The van der Waals surface area contributed by atoms with Crippen LogP contribution < -0.4 is 5.73 Å². The Balaban J connectivity index is 2.51. The van der Waals surface area contributed by atoms with Gasteiger partial charge < -0.3 is 5.73 Å². The van der Waals surface area contributed by atoms with Gasteiger partial charge in [0.2, 0.25) is 0 Å². The van der Waals surface area contributed by atoms with Gasteiger partial charge in [-0.15, -0.1) is 11.3 Å². The summed E-state index contributed by atoms with van der Waals surface area (Å²) < 4.78 is 22.7. The number of rotatable bonds is 2. The number of anilines is 1. The summed E-state index contributed by atoms with van der Waals surface area (Å²) in [5.41, 5.74) is 7.65. The first-order chi connectivity index (χ1) is 8.43. The van der Waals surface area contributed by atoms with E-state index in [0.717, 1.165) is 17.4 Å². The van der Waals surface area contributed by atoms with Gasteiger partial charge >= 0.3 is 0 Å². The molecule has 0 aliphatic heterocycles. The maximum atomic E-state index is 11.3. The summed E-state index contributed by atoms with van der Waals surface area (Å²) in [6.45, 7) is 0. The summed E-state index contributed by atoms with van der Waals surface area (Å²) in [4.78, 5) is 0.257. The highest BCUT2D eigenvalue weighted by Crippen LogP contribution is 2.33. The van der Waals surface area contributed by atoms with Crippen molar-refractivity contribution < 1.29 is 8.42 Å². The predicted octanol–water partition coefficient (Wildman–Crippen LogP) is 2.27. The first-order valence-corrected chi connectivity index (χ1v) is 7.78. The van der Waals surface area contributed by atoms with E-state index in [1.165, 1.54) is 23.5 Å². The van der Waals surface area contributed by atoms with E-state index in [-0.39, 0.29) is 4.90 Å². The van der Waals surface area contributed by atoms with Crippen molar-refractivity contribution in [1.29, 1.82) is 5.26 Å². The number of hydrogen-bond donors (Lipinski definition) is 1. The van der Waals surface area contributed by atoms with E-state index in [2.05, 4.69) is 6.07 Å². The molecule has 0 fully saturated rings. The third kappa shape index (κ3) is 2.23. The molecule has 2 aromatic rings. The van der Waals surface area contributed by atoms with Crippen LogP contribution in [0, 0.1) is 11.3 Å². The summed E-state index contributed by atoms with van der Waals surface area (Å²) in [6.07, 6.45) is 1.16. The summed E-state index contributed by atoms with van der Waals surface area (Å²) in [5, 5.41) is 11.3. The van der Waals surface area contributed by atoms with E-state index >= 15 is 0 Å². The van der Waals surface area contributed by atoms with Crippen LogP contribution in [-0.2, 0) is 9.84 Å². The molecule has 2 N–H and O–H groups in total. The minimum absolute atomic E-state index is 0.257. The van der Waals surface area contributed by atoms with Crippen LogP contribution in [0.25, 0.3) is 11.1 Å². The SMILES string of the molecule is CS(=O)(=O)c1ccc(-c2csc(N)c2C#N)cc1. The van der Waals surface area contributed by atoms with E-state index in [4.69, 9.17) is 11.0 Å². The van der Waals surface area contributed by atoms with Crippen LogP contribution in [-0.4, -0.2) is 14.7 Å². The molecule has 6 heteroatoms. The molecule has 0 saturated carbocycles. The second-order valence-corrected chi connectivity index (χ2v) is 6.72. The van der Waals surface area contributed by atoms with E-state index in [1.54, 1.807) is 17.5 Å². The molecule has 0 amide bonds. The van der Waals surface area contributed by atoms with Gasteiger partial charge in [-0.3, -0.25) is 0 Å². The molecule has 0 unspecified atom stereocenters. The highest BCUT2D eigenvalue weighted by Gasteiger charge is 2.12. The Labute approximate surface area is 109 Å². The Hall–Kier alpha value is -1.84. The molecule has 2 rings (SSSR count). The molecule has 1 aromatic carbocycles. The third-order valence-corrected chi connectivity index (χ3v) is 4.46. The van der Waals surface area contributed by atoms with Gasteiger partial charge in [-0.1, -0.05) is 12.1 Å². The Morgan fingerprint density at radius 1 is 1.28 bits per heavy atom. The second kappa shape index (κ2) is 4.44. The van der Waals surface area contributed by atoms with Gasteiger partial charge in [0.15, 0.2) is 9.84 Å². The highest BCUT2D eigenvalue weighted by molar-refractivity contribution is 7.90. The predicted molar refractivity (Wildman–Crippen MR) is 72.0 cm³/mol. The van der Waals surface area contributed by atoms with Gasteiger partial charge in [0.05, 0.1) is 10.5 Å². The Kier molecular flexibility index (Phi) is 3.11. The number of nitrogens with zero attached hydrogens (tertiary/aromatic N) is 1. The van der Waals surface area contributed by atoms with Gasteiger partial charge in [0.1, 0.15) is 11.1 Å². The van der Waals surface area contributed by atoms with Crippen molar-refractivity contribution in [3.8, 4) is 17.2 Å². The normalized spacial score (nSPS) is 11.1. The fourth-order valence-corrected chi connectivity index (χ4v) is 2.99. The lowest BCUT2D eigenvalue weighted by atomic mass is 10.1. The lowest BCUT2D eigenvalue weighted by Gasteiger charge is -2.02. The number of benzene rings is 1. The van der Waals surface area contributed by atoms with E-state index < -0.39 is 9.84 Å². The zero-order chi connectivity index (χ0) is 13.3. The number of nitrogens with two attached hydrogens (primary N) is 1. The summed E-state index contributed by atoms with van der Waals surface area (Å²) in [6, 6.07) is 8.47. The van der Waals surface area contributed by atoms with Crippen molar-refractivity contribution in [3.63, 3.8) is 0 Å². The average Bonchev–Trinajstić information content (AvgIpc) is 2.69. The van der Waals surface area contributed by atoms with Crippen LogP contribution in [0.15, 0.2) is 34.5 Å². The molecule has 0 aliphatic carbocycles. The molecule has 0 saturated heterocycles. The fourth-order valence-electron chi connectivity index (χ4n) is 1.58. The minimum Gasteiger partial charge on any atom is -0.389 e. The van der Waals surface area contributed by atoms with Crippen LogP contribution in [0.4, 0.5) is 5.00 Å². The number of nitrogen functional groups attached to an aromatic ring is 1. The molecule has 1 aromatic heterocycles. The molecule has 0 radical (unpaired) electrons. The minimum atomic E-state index is -3.20. The van der Waals surface area contributed by atoms with Gasteiger partial charge in [-0.2, -0.15) is 5.26 Å². The van der Waals surface area contributed by atoms with Gasteiger partial charge in [-0.05, 0) is 17.7 Å². The van der Waals surface area contributed by atoms with Crippen LogP contribution in [0.3, 0.4) is 0 Å². The van der Waals surface area contributed by atoms with Crippen LogP contribution in [0.1, 0.15) is 5.56 Å². The van der Waals surface area contributed by atoms with Crippen LogP contribution in [0.2, 0.25) is 0 Å². The van der Waals surface area contributed by atoms with Gasteiger partial charge in [0, 0.05) is 17.2 Å². The van der Waals surface area contributed by atoms with Crippen molar-refractivity contribution >= 4 is 26.2 Å². The lowest BCUT2D eigenvalue weighted by molar-refractivity contribution is 0.602. The van der Waals surface area contributed by atoms with Crippen molar-refractivity contribution in [2.24, 2.45) is 0 Å².